The molecule has 0 aliphatic heterocycles. The summed E-state index contributed by atoms with van der Waals surface area (Å²) in [6, 6.07) is 3.70. The number of hydrogen-bond acceptors (Lipinski definition) is 4. The van der Waals surface area contributed by atoms with E-state index in [-0.39, 0.29) is 11.4 Å². The molecule has 0 radical (unpaired) electrons. The number of aryl methyl sites for hydroxylation is 2. The third-order valence-electron chi connectivity index (χ3n) is 3.34. The smallest absolute Gasteiger partial charge is 0.241 e. The van der Waals surface area contributed by atoms with Crippen molar-refractivity contribution in [3.8, 4) is 0 Å². The van der Waals surface area contributed by atoms with Crippen molar-refractivity contribution in [1.29, 1.82) is 0 Å². The first kappa shape index (κ1) is 16.5. The molecule has 1 heterocycles. The second kappa shape index (κ2) is 6.08. The first-order chi connectivity index (χ1) is 9.74. The lowest BCUT2D eigenvalue weighted by Crippen LogP contribution is -2.25. The van der Waals surface area contributed by atoms with Crippen LogP contribution < -0.4 is 10.5 Å². The van der Waals surface area contributed by atoms with Gasteiger partial charge in [0.25, 0.3) is 0 Å². The van der Waals surface area contributed by atoms with Crippen molar-refractivity contribution >= 4 is 43.0 Å². The molecule has 2 rings (SSSR count). The van der Waals surface area contributed by atoms with Gasteiger partial charge in [-0.05, 0) is 64.8 Å². The maximum absolute atomic E-state index is 12.6. The van der Waals surface area contributed by atoms with Crippen molar-refractivity contribution in [2.45, 2.75) is 32.2 Å². The van der Waals surface area contributed by atoms with E-state index in [1.54, 1.807) is 19.9 Å². The molecule has 2 aromatic rings. The molecule has 0 atom stereocenters. The standard InChI is InChI=1S/C14H17BrN2O2S2/c1-8-6-9(2)14(10(3)13(8)16)21(18,19)17-7-12-11(15)4-5-20-12/h4-6,17H,7,16H2,1-3H3. The Morgan fingerprint density at radius 2 is 1.95 bits per heavy atom. The molecular formula is C14H17BrN2O2S2. The average molecular weight is 389 g/mol. The van der Waals surface area contributed by atoms with Crippen molar-refractivity contribution in [1.82, 2.24) is 4.72 Å². The normalized spacial score (nSPS) is 11.8. The van der Waals surface area contributed by atoms with Gasteiger partial charge in [-0.15, -0.1) is 11.3 Å². The first-order valence-electron chi connectivity index (χ1n) is 6.32. The van der Waals surface area contributed by atoms with Crippen LogP contribution in [0.5, 0.6) is 0 Å². The van der Waals surface area contributed by atoms with Crippen LogP contribution in [0.1, 0.15) is 21.6 Å². The van der Waals surface area contributed by atoms with Gasteiger partial charge in [0.1, 0.15) is 0 Å². The maximum Gasteiger partial charge on any atom is 0.241 e. The predicted octanol–water partition coefficient (Wildman–Crippen LogP) is 3.50. The molecule has 0 bridgehead atoms. The molecule has 3 N–H and O–H groups in total. The monoisotopic (exact) mass is 388 g/mol. The molecule has 0 aliphatic rings. The zero-order valence-electron chi connectivity index (χ0n) is 12.0. The van der Waals surface area contributed by atoms with Crippen LogP contribution in [0.2, 0.25) is 0 Å². The van der Waals surface area contributed by atoms with Gasteiger partial charge in [-0.25, -0.2) is 13.1 Å². The van der Waals surface area contributed by atoms with Gasteiger partial charge in [0, 0.05) is 21.6 Å². The fourth-order valence-corrected chi connectivity index (χ4v) is 5.28. The summed E-state index contributed by atoms with van der Waals surface area (Å²) >= 11 is 4.90. The minimum absolute atomic E-state index is 0.257. The fourth-order valence-electron chi connectivity index (χ4n) is 2.28. The van der Waals surface area contributed by atoms with Crippen LogP contribution in [0.3, 0.4) is 0 Å². The highest BCUT2D eigenvalue weighted by atomic mass is 79.9. The first-order valence-corrected chi connectivity index (χ1v) is 9.47. The lowest BCUT2D eigenvalue weighted by molar-refractivity contribution is 0.580. The van der Waals surface area contributed by atoms with Gasteiger partial charge in [0.15, 0.2) is 0 Å². The molecule has 0 spiro atoms. The zero-order valence-corrected chi connectivity index (χ0v) is 15.2. The van der Waals surface area contributed by atoms with Gasteiger partial charge in [0.2, 0.25) is 10.0 Å². The molecular weight excluding hydrogens is 372 g/mol. The lowest BCUT2D eigenvalue weighted by Gasteiger charge is -2.15. The molecule has 0 fully saturated rings. The molecule has 0 aliphatic carbocycles. The number of thiophene rings is 1. The molecule has 0 saturated carbocycles. The Labute approximate surface area is 137 Å². The van der Waals surface area contributed by atoms with Crippen LogP contribution in [0.25, 0.3) is 0 Å². The molecule has 21 heavy (non-hydrogen) atoms. The number of hydrogen-bond donors (Lipinski definition) is 2. The van der Waals surface area contributed by atoms with E-state index < -0.39 is 10.0 Å². The summed E-state index contributed by atoms with van der Waals surface area (Å²) in [4.78, 5) is 1.22. The van der Waals surface area contributed by atoms with E-state index in [2.05, 4.69) is 20.7 Å². The number of anilines is 1. The van der Waals surface area contributed by atoms with E-state index in [1.807, 2.05) is 18.4 Å². The Bertz CT molecular complexity index is 783. The minimum atomic E-state index is -3.60. The Balaban J connectivity index is 2.37. The number of nitrogens with two attached hydrogens (primary N) is 1. The Morgan fingerprint density at radius 3 is 2.52 bits per heavy atom. The van der Waals surface area contributed by atoms with Crippen molar-refractivity contribution in [2.75, 3.05) is 5.73 Å². The van der Waals surface area contributed by atoms with E-state index in [9.17, 15) is 8.42 Å². The molecule has 1 aromatic heterocycles. The average Bonchev–Trinajstić information content (AvgIpc) is 2.79. The molecule has 0 amide bonds. The maximum atomic E-state index is 12.6. The number of nitrogen functional groups attached to an aromatic ring is 1. The van der Waals surface area contributed by atoms with Crippen molar-refractivity contribution < 1.29 is 8.42 Å². The zero-order chi connectivity index (χ0) is 15.8. The number of nitrogens with one attached hydrogen (secondary N) is 1. The van der Waals surface area contributed by atoms with Gasteiger partial charge < -0.3 is 5.73 Å². The van der Waals surface area contributed by atoms with Gasteiger partial charge in [-0.2, -0.15) is 0 Å². The van der Waals surface area contributed by atoms with Gasteiger partial charge >= 0.3 is 0 Å². The van der Waals surface area contributed by atoms with E-state index in [1.165, 1.54) is 11.3 Å². The van der Waals surface area contributed by atoms with Crippen LogP contribution in [-0.4, -0.2) is 8.42 Å². The van der Waals surface area contributed by atoms with Gasteiger partial charge in [-0.1, -0.05) is 6.07 Å². The number of benzene rings is 1. The molecule has 114 valence electrons. The van der Waals surface area contributed by atoms with Crippen LogP contribution in [-0.2, 0) is 16.6 Å². The topological polar surface area (TPSA) is 72.2 Å². The highest BCUT2D eigenvalue weighted by Gasteiger charge is 2.22. The van der Waals surface area contributed by atoms with E-state index in [4.69, 9.17) is 5.73 Å². The number of halogens is 1. The second-order valence-electron chi connectivity index (χ2n) is 4.89. The van der Waals surface area contributed by atoms with E-state index in [0.29, 0.717) is 16.8 Å². The SMILES string of the molecule is Cc1cc(C)c(S(=O)(=O)NCc2sccc2Br)c(C)c1N. The highest BCUT2D eigenvalue weighted by molar-refractivity contribution is 9.10. The summed E-state index contributed by atoms with van der Waals surface area (Å²) in [6.07, 6.45) is 0. The van der Waals surface area contributed by atoms with Crippen molar-refractivity contribution in [3.05, 3.63) is 43.6 Å². The Hall–Kier alpha value is -0.890. The molecule has 0 saturated heterocycles. The molecule has 1 aromatic carbocycles. The van der Waals surface area contributed by atoms with E-state index >= 15 is 0 Å². The summed E-state index contributed by atoms with van der Waals surface area (Å²) in [5, 5.41) is 1.91. The summed E-state index contributed by atoms with van der Waals surface area (Å²) in [5.41, 5.74) is 8.69. The number of rotatable bonds is 4. The quantitative estimate of drug-likeness (QED) is 0.787. The van der Waals surface area contributed by atoms with Crippen molar-refractivity contribution in [2.24, 2.45) is 0 Å². The van der Waals surface area contributed by atoms with Crippen LogP contribution >= 0.6 is 27.3 Å². The largest absolute Gasteiger partial charge is 0.398 e. The summed E-state index contributed by atoms with van der Waals surface area (Å²) in [5.74, 6) is 0. The Kier molecular flexibility index (Phi) is 4.77. The third kappa shape index (κ3) is 3.31. The molecule has 7 heteroatoms. The summed E-state index contributed by atoms with van der Waals surface area (Å²) < 4.78 is 28.7. The van der Waals surface area contributed by atoms with Crippen LogP contribution in [0.4, 0.5) is 5.69 Å². The van der Waals surface area contributed by atoms with E-state index in [0.717, 1.165) is 14.9 Å². The lowest BCUT2D eigenvalue weighted by atomic mass is 10.1. The number of sulfonamides is 1. The summed E-state index contributed by atoms with van der Waals surface area (Å²) in [6.45, 7) is 5.66. The highest BCUT2D eigenvalue weighted by Crippen LogP contribution is 2.28. The van der Waals surface area contributed by atoms with Crippen molar-refractivity contribution in [3.63, 3.8) is 0 Å². The Morgan fingerprint density at radius 1 is 1.29 bits per heavy atom. The van der Waals surface area contributed by atoms with Crippen LogP contribution in [0, 0.1) is 20.8 Å². The third-order valence-corrected chi connectivity index (χ3v) is 6.96. The minimum Gasteiger partial charge on any atom is -0.398 e. The molecule has 4 nitrogen and oxygen atoms in total. The predicted molar refractivity (Wildman–Crippen MR) is 91.1 cm³/mol. The van der Waals surface area contributed by atoms with Gasteiger partial charge in [0.05, 0.1) is 4.90 Å². The fraction of sp³-hybridized carbons (Fsp3) is 0.286. The van der Waals surface area contributed by atoms with Crippen LogP contribution in [0.15, 0.2) is 26.9 Å². The molecule has 0 unspecified atom stereocenters. The summed E-state index contributed by atoms with van der Waals surface area (Å²) in [7, 11) is -3.60. The second-order valence-corrected chi connectivity index (χ2v) is 8.45. The van der Waals surface area contributed by atoms with Gasteiger partial charge in [-0.3, -0.25) is 0 Å².